The summed E-state index contributed by atoms with van der Waals surface area (Å²) >= 11 is 5.92. The number of carbonyl (C=O) groups excluding carboxylic acids is 1. The quantitative estimate of drug-likeness (QED) is 0.396. The summed E-state index contributed by atoms with van der Waals surface area (Å²) in [5.74, 6) is 0.664. The molecule has 3 rings (SSSR count). The highest BCUT2D eigenvalue weighted by Gasteiger charge is 2.19. The van der Waals surface area contributed by atoms with E-state index in [1.807, 2.05) is 55.8 Å². The van der Waals surface area contributed by atoms with Crippen molar-refractivity contribution in [2.24, 2.45) is 0 Å². The van der Waals surface area contributed by atoms with Crippen molar-refractivity contribution < 1.29 is 9.63 Å². The van der Waals surface area contributed by atoms with Crippen LogP contribution in [0.4, 0.5) is 0 Å². The Morgan fingerprint density at radius 3 is 2.72 bits per heavy atom. The number of hydroxylamine groups is 2. The van der Waals surface area contributed by atoms with Crippen LogP contribution in [0.3, 0.4) is 0 Å². The third-order valence-corrected chi connectivity index (χ3v) is 3.67. The van der Waals surface area contributed by atoms with Gasteiger partial charge in [0.05, 0.1) is 17.7 Å². The fourth-order valence-electron chi connectivity index (χ4n) is 2.64. The zero-order valence-electron chi connectivity index (χ0n) is 14.3. The molecule has 1 amide bonds. The van der Waals surface area contributed by atoms with E-state index in [2.05, 4.69) is 9.97 Å². The maximum absolute atomic E-state index is 11.4. The largest absolute Gasteiger partial charge is 0.301 e. The number of rotatable bonds is 5. The molecule has 0 unspecified atom stereocenters. The fraction of sp³-hybridized carbons (Fsp3) is 0.278. The van der Waals surface area contributed by atoms with E-state index in [1.54, 1.807) is 12.3 Å². The van der Waals surface area contributed by atoms with Gasteiger partial charge in [-0.1, -0.05) is 18.2 Å². The molecule has 2 heterocycles. The van der Waals surface area contributed by atoms with Gasteiger partial charge < -0.3 is 4.57 Å². The van der Waals surface area contributed by atoms with Crippen LogP contribution in [0.2, 0.25) is 5.28 Å². The van der Waals surface area contributed by atoms with Gasteiger partial charge in [0.1, 0.15) is 5.82 Å². The molecule has 2 aromatic heterocycles. The van der Waals surface area contributed by atoms with E-state index in [0.717, 1.165) is 16.5 Å². The van der Waals surface area contributed by atoms with E-state index in [9.17, 15) is 4.79 Å². The Morgan fingerprint density at radius 2 is 2.04 bits per heavy atom. The topological polar surface area (TPSA) is 60.2 Å². The van der Waals surface area contributed by atoms with Crippen molar-refractivity contribution in [3.63, 3.8) is 0 Å². The van der Waals surface area contributed by atoms with Gasteiger partial charge in [0.2, 0.25) is 11.7 Å². The second-order valence-electron chi connectivity index (χ2n) is 6.61. The summed E-state index contributed by atoms with van der Waals surface area (Å²) in [6.45, 7) is 6.02. The first kappa shape index (κ1) is 17.4. The third-order valence-electron chi connectivity index (χ3n) is 3.49. The Morgan fingerprint density at radius 1 is 1.28 bits per heavy atom. The van der Waals surface area contributed by atoms with Crippen LogP contribution < -0.4 is 0 Å². The molecule has 0 radical (unpaired) electrons. The maximum atomic E-state index is 11.4. The predicted octanol–water partition coefficient (Wildman–Crippen LogP) is 3.76. The molecular formula is C18H19ClN4O2. The van der Waals surface area contributed by atoms with Crippen LogP contribution in [0.15, 0.2) is 42.7 Å². The predicted molar refractivity (Wildman–Crippen MR) is 96.3 cm³/mol. The lowest BCUT2D eigenvalue weighted by Gasteiger charge is -2.26. The Bertz CT molecular complexity index is 901. The Labute approximate surface area is 151 Å². The van der Waals surface area contributed by atoms with E-state index in [-0.39, 0.29) is 5.28 Å². The number of hydrogen-bond acceptors (Lipinski definition) is 4. The standard InChI is InChI=1S/C18H19ClN4O2/c1-18(2,3)25-22(12-24)10-13-11-23(15-7-5-4-6-14(13)15)16-8-9-20-17(19)21-16/h4-9,11-12H,10H2,1-3H3. The van der Waals surface area contributed by atoms with Crippen molar-refractivity contribution >= 4 is 28.9 Å². The zero-order chi connectivity index (χ0) is 18.0. The van der Waals surface area contributed by atoms with Crippen LogP contribution in [-0.4, -0.2) is 31.6 Å². The van der Waals surface area contributed by atoms with Gasteiger partial charge in [0.25, 0.3) is 0 Å². The fourth-order valence-corrected chi connectivity index (χ4v) is 2.78. The van der Waals surface area contributed by atoms with Gasteiger partial charge in [-0.3, -0.25) is 9.63 Å². The van der Waals surface area contributed by atoms with Gasteiger partial charge in [-0.05, 0) is 44.5 Å². The lowest BCUT2D eigenvalue weighted by atomic mass is 10.2. The molecule has 0 saturated heterocycles. The highest BCUT2D eigenvalue weighted by molar-refractivity contribution is 6.28. The Balaban J connectivity index is 2.03. The van der Waals surface area contributed by atoms with Crippen LogP contribution in [0.1, 0.15) is 26.3 Å². The molecule has 0 aliphatic carbocycles. The number of halogens is 1. The molecule has 6 nitrogen and oxygen atoms in total. The van der Waals surface area contributed by atoms with Gasteiger partial charge in [0.15, 0.2) is 0 Å². The number of fused-ring (bicyclic) bond motifs is 1. The van der Waals surface area contributed by atoms with Crippen LogP contribution >= 0.6 is 11.6 Å². The molecule has 0 saturated carbocycles. The average molecular weight is 359 g/mol. The van der Waals surface area contributed by atoms with E-state index in [1.165, 1.54) is 5.06 Å². The van der Waals surface area contributed by atoms with Crippen LogP contribution in [-0.2, 0) is 16.2 Å². The SMILES string of the molecule is CC(C)(C)ON(C=O)Cc1cn(-c2ccnc(Cl)n2)c2ccccc12. The highest BCUT2D eigenvalue weighted by Crippen LogP contribution is 2.26. The molecular weight excluding hydrogens is 340 g/mol. The van der Waals surface area contributed by atoms with E-state index < -0.39 is 5.60 Å². The summed E-state index contributed by atoms with van der Waals surface area (Å²) in [6, 6.07) is 9.69. The van der Waals surface area contributed by atoms with Gasteiger partial charge >= 0.3 is 0 Å². The number of nitrogens with zero attached hydrogens (tertiary/aromatic N) is 4. The monoisotopic (exact) mass is 358 g/mol. The molecule has 130 valence electrons. The number of carbonyl (C=O) groups is 1. The first-order valence-corrected chi connectivity index (χ1v) is 8.24. The van der Waals surface area contributed by atoms with Gasteiger partial charge in [0, 0.05) is 23.3 Å². The summed E-state index contributed by atoms with van der Waals surface area (Å²) in [4.78, 5) is 25.3. The normalized spacial score (nSPS) is 11.7. The molecule has 0 bridgehead atoms. The second-order valence-corrected chi connectivity index (χ2v) is 6.95. The third kappa shape index (κ3) is 3.97. The van der Waals surface area contributed by atoms with Crippen LogP contribution in [0, 0.1) is 0 Å². The van der Waals surface area contributed by atoms with Crippen molar-refractivity contribution in [2.75, 3.05) is 0 Å². The molecule has 0 atom stereocenters. The van der Waals surface area contributed by atoms with Crippen molar-refractivity contribution in [3.8, 4) is 5.82 Å². The van der Waals surface area contributed by atoms with Crippen molar-refractivity contribution in [2.45, 2.75) is 32.9 Å². The van der Waals surface area contributed by atoms with Gasteiger partial charge in [-0.25, -0.2) is 10.0 Å². The van der Waals surface area contributed by atoms with Crippen molar-refractivity contribution in [1.82, 2.24) is 19.6 Å². The summed E-state index contributed by atoms with van der Waals surface area (Å²) in [6.07, 6.45) is 4.24. The molecule has 3 aromatic rings. The molecule has 0 aliphatic heterocycles. The minimum atomic E-state index is -0.459. The average Bonchev–Trinajstić information content (AvgIpc) is 2.92. The van der Waals surface area contributed by atoms with Gasteiger partial charge in [-0.2, -0.15) is 4.98 Å². The molecule has 25 heavy (non-hydrogen) atoms. The maximum Gasteiger partial charge on any atom is 0.233 e. The van der Waals surface area contributed by atoms with Crippen molar-refractivity contribution in [1.29, 1.82) is 0 Å². The molecule has 0 N–H and O–H groups in total. The van der Waals surface area contributed by atoms with Crippen LogP contribution in [0.5, 0.6) is 0 Å². The number of para-hydroxylation sites is 1. The summed E-state index contributed by atoms with van der Waals surface area (Å²) in [5.41, 5.74) is 1.45. The first-order chi connectivity index (χ1) is 11.9. The molecule has 0 fully saturated rings. The smallest absolute Gasteiger partial charge is 0.233 e. The lowest BCUT2D eigenvalue weighted by Crippen LogP contribution is -2.32. The first-order valence-electron chi connectivity index (χ1n) is 7.86. The number of amides is 1. The summed E-state index contributed by atoms with van der Waals surface area (Å²) in [5, 5.41) is 2.50. The minimum absolute atomic E-state index is 0.183. The number of aromatic nitrogens is 3. The second kappa shape index (κ2) is 6.82. The minimum Gasteiger partial charge on any atom is -0.301 e. The summed E-state index contributed by atoms with van der Waals surface area (Å²) < 4.78 is 1.93. The van der Waals surface area contributed by atoms with Crippen molar-refractivity contribution in [3.05, 3.63) is 53.6 Å². The Hall–Kier alpha value is -2.44. The lowest BCUT2D eigenvalue weighted by molar-refractivity contribution is -0.220. The molecule has 1 aromatic carbocycles. The zero-order valence-corrected chi connectivity index (χ0v) is 15.1. The van der Waals surface area contributed by atoms with E-state index in [0.29, 0.717) is 18.8 Å². The molecule has 7 heteroatoms. The summed E-state index contributed by atoms with van der Waals surface area (Å²) in [7, 11) is 0. The highest BCUT2D eigenvalue weighted by atomic mass is 35.5. The van der Waals surface area contributed by atoms with Crippen LogP contribution in [0.25, 0.3) is 16.7 Å². The Kier molecular flexibility index (Phi) is 4.74. The van der Waals surface area contributed by atoms with Gasteiger partial charge in [-0.15, -0.1) is 0 Å². The van der Waals surface area contributed by atoms with E-state index in [4.69, 9.17) is 16.4 Å². The molecule has 0 spiro atoms. The number of benzene rings is 1. The van der Waals surface area contributed by atoms with E-state index >= 15 is 0 Å². The number of hydrogen-bond donors (Lipinski definition) is 0. The molecule has 0 aliphatic rings.